The predicted molar refractivity (Wildman–Crippen MR) is 63.9 cm³/mol. The topological polar surface area (TPSA) is 94.0 Å². The van der Waals surface area contributed by atoms with Crippen molar-refractivity contribution in [1.29, 1.82) is 0 Å². The maximum absolute atomic E-state index is 13.6. The molecule has 2 aromatic rings. The zero-order valence-corrected chi connectivity index (χ0v) is 10.2. The van der Waals surface area contributed by atoms with E-state index in [0.717, 1.165) is 28.6 Å². The van der Waals surface area contributed by atoms with E-state index in [4.69, 9.17) is 10.9 Å². The van der Waals surface area contributed by atoms with E-state index in [-0.39, 0.29) is 16.7 Å². The molecule has 0 aliphatic rings. The minimum absolute atomic E-state index is 0.0556. The number of halogens is 2. The molecular weight excluding hydrogens is 278 g/mol. The second-order valence-electron chi connectivity index (χ2n) is 3.46. The number of hydrogen-bond donors (Lipinski definition) is 2. The monoisotopic (exact) mass is 286 g/mol. The Morgan fingerprint density at radius 3 is 2.58 bits per heavy atom. The van der Waals surface area contributed by atoms with Gasteiger partial charge in [-0.3, -0.25) is 4.79 Å². The molecule has 0 spiro atoms. The van der Waals surface area contributed by atoms with Crippen molar-refractivity contribution < 1.29 is 18.7 Å². The third-order valence-corrected chi connectivity index (χ3v) is 3.10. The van der Waals surface area contributed by atoms with E-state index in [9.17, 15) is 13.6 Å². The minimum Gasteiger partial charge on any atom is -0.481 e. The predicted octanol–water partition coefficient (Wildman–Crippen LogP) is 1.11. The van der Waals surface area contributed by atoms with E-state index in [1.807, 2.05) is 0 Å². The number of nitrogens with zero attached hydrogens (tertiary/aromatic N) is 3. The average Bonchev–Trinajstić information content (AvgIpc) is 2.68. The summed E-state index contributed by atoms with van der Waals surface area (Å²) in [4.78, 5) is 10.4. The first-order valence-corrected chi connectivity index (χ1v) is 5.98. The molecule has 9 heteroatoms. The van der Waals surface area contributed by atoms with Gasteiger partial charge in [0.2, 0.25) is 5.16 Å². The Morgan fingerprint density at radius 2 is 2.00 bits per heavy atom. The summed E-state index contributed by atoms with van der Waals surface area (Å²) in [7, 11) is 0. The Balaban J connectivity index is 2.39. The molecule has 1 heterocycles. The van der Waals surface area contributed by atoms with Crippen molar-refractivity contribution in [1.82, 2.24) is 14.9 Å². The maximum Gasteiger partial charge on any atom is 0.313 e. The number of nitrogen functional groups attached to an aromatic ring is 1. The molecule has 0 radical (unpaired) electrons. The SMILES string of the molecule is Nn1c(SCC(=O)O)nnc1-c1c(F)cccc1F. The number of aliphatic carboxylic acids is 1. The van der Waals surface area contributed by atoms with Crippen molar-refractivity contribution in [3.8, 4) is 11.4 Å². The van der Waals surface area contributed by atoms with Crippen LogP contribution in [0.5, 0.6) is 0 Å². The van der Waals surface area contributed by atoms with Crippen LogP contribution in [0.3, 0.4) is 0 Å². The highest BCUT2D eigenvalue weighted by atomic mass is 32.2. The lowest BCUT2D eigenvalue weighted by atomic mass is 10.2. The number of carbonyl (C=O) groups is 1. The molecule has 0 saturated carbocycles. The van der Waals surface area contributed by atoms with Crippen LogP contribution < -0.4 is 5.84 Å². The van der Waals surface area contributed by atoms with Crippen molar-refractivity contribution >= 4 is 17.7 Å². The van der Waals surface area contributed by atoms with Gasteiger partial charge in [0.05, 0.1) is 11.3 Å². The maximum atomic E-state index is 13.6. The molecule has 0 atom stereocenters. The zero-order chi connectivity index (χ0) is 14.0. The fourth-order valence-electron chi connectivity index (χ4n) is 1.38. The normalized spacial score (nSPS) is 10.6. The first-order valence-electron chi connectivity index (χ1n) is 5.00. The fraction of sp³-hybridized carbons (Fsp3) is 0.100. The summed E-state index contributed by atoms with van der Waals surface area (Å²) >= 11 is 0.802. The third-order valence-electron chi connectivity index (χ3n) is 2.18. The Hall–Kier alpha value is -2.16. The van der Waals surface area contributed by atoms with Crippen LogP contribution in [0.25, 0.3) is 11.4 Å². The number of thioether (sulfide) groups is 1. The molecule has 100 valence electrons. The Kier molecular flexibility index (Phi) is 3.65. The lowest BCUT2D eigenvalue weighted by molar-refractivity contribution is -0.133. The zero-order valence-electron chi connectivity index (χ0n) is 9.38. The highest BCUT2D eigenvalue weighted by molar-refractivity contribution is 7.99. The van der Waals surface area contributed by atoms with Gasteiger partial charge in [-0.1, -0.05) is 17.8 Å². The molecule has 6 nitrogen and oxygen atoms in total. The Labute approximate surface area is 110 Å². The van der Waals surface area contributed by atoms with Crippen molar-refractivity contribution in [2.75, 3.05) is 11.6 Å². The summed E-state index contributed by atoms with van der Waals surface area (Å²) in [5.74, 6) is 2.40. The molecule has 0 bridgehead atoms. The summed E-state index contributed by atoms with van der Waals surface area (Å²) in [6.45, 7) is 0. The van der Waals surface area contributed by atoms with Gasteiger partial charge in [-0.2, -0.15) is 0 Å². The first kappa shape index (κ1) is 13.3. The number of benzene rings is 1. The van der Waals surface area contributed by atoms with Crippen LogP contribution in [0.2, 0.25) is 0 Å². The van der Waals surface area contributed by atoms with E-state index < -0.39 is 23.2 Å². The third kappa shape index (κ3) is 2.65. The molecule has 0 aliphatic carbocycles. The molecule has 0 unspecified atom stereocenters. The molecule has 0 fully saturated rings. The van der Waals surface area contributed by atoms with E-state index in [1.165, 1.54) is 6.07 Å². The largest absolute Gasteiger partial charge is 0.481 e. The molecule has 0 aliphatic heterocycles. The van der Waals surface area contributed by atoms with Crippen LogP contribution in [-0.4, -0.2) is 31.7 Å². The Morgan fingerprint density at radius 1 is 1.37 bits per heavy atom. The van der Waals surface area contributed by atoms with Gasteiger partial charge in [-0.05, 0) is 12.1 Å². The van der Waals surface area contributed by atoms with Crippen molar-refractivity contribution in [2.24, 2.45) is 0 Å². The van der Waals surface area contributed by atoms with E-state index in [1.54, 1.807) is 0 Å². The van der Waals surface area contributed by atoms with Gasteiger partial charge in [0.1, 0.15) is 11.6 Å². The number of carboxylic acids is 1. The van der Waals surface area contributed by atoms with Crippen LogP contribution in [0.15, 0.2) is 23.4 Å². The van der Waals surface area contributed by atoms with Crippen LogP contribution in [0.1, 0.15) is 0 Å². The van der Waals surface area contributed by atoms with Gasteiger partial charge >= 0.3 is 5.97 Å². The van der Waals surface area contributed by atoms with Gasteiger partial charge < -0.3 is 10.9 Å². The van der Waals surface area contributed by atoms with Gasteiger partial charge in [-0.15, -0.1) is 10.2 Å². The van der Waals surface area contributed by atoms with Crippen molar-refractivity contribution in [3.05, 3.63) is 29.8 Å². The van der Waals surface area contributed by atoms with Crippen LogP contribution in [-0.2, 0) is 4.79 Å². The Bertz CT molecular complexity index is 612. The van der Waals surface area contributed by atoms with Gasteiger partial charge in [0.25, 0.3) is 0 Å². The summed E-state index contributed by atoms with van der Waals surface area (Å²) in [6.07, 6.45) is 0. The number of nitrogens with two attached hydrogens (primary N) is 1. The minimum atomic E-state index is -1.06. The van der Waals surface area contributed by atoms with Crippen molar-refractivity contribution in [3.63, 3.8) is 0 Å². The van der Waals surface area contributed by atoms with Crippen LogP contribution in [0, 0.1) is 11.6 Å². The summed E-state index contributed by atoms with van der Waals surface area (Å²) in [6, 6.07) is 3.35. The lowest BCUT2D eigenvalue weighted by Gasteiger charge is -2.04. The molecule has 2 rings (SSSR count). The quantitative estimate of drug-likeness (QED) is 0.646. The standard InChI is InChI=1S/C10H8F2N4O2S/c11-5-2-1-3-6(12)8(5)9-14-15-10(16(9)13)19-4-7(17)18/h1-3H,4,13H2,(H,17,18). The second-order valence-corrected chi connectivity index (χ2v) is 4.40. The van der Waals surface area contributed by atoms with Gasteiger partial charge in [-0.25, -0.2) is 13.5 Å². The summed E-state index contributed by atoms with van der Waals surface area (Å²) in [5.41, 5.74) is -0.403. The van der Waals surface area contributed by atoms with Crippen LogP contribution >= 0.6 is 11.8 Å². The number of carboxylic acid groups (broad SMARTS) is 1. The molecule has 19 heavy (non-hydrogen) atoms. The highest BCUT2D eigenvalue weighted by Crippen LogP contribution is 2.26. The van der Waals surface area contributed by atoms with E-state index in [2.05, 4.69) is 10.2 Å². The summed E-state index contributed by atoms with van der Waals surface area (Å²) < 4.78 is 28.0. The first-order chi connectivity index (χ1) is 9.00. The van der Waals surface area contributed by atoms with E-state index in [0.29, 0.717) is 0 Å². The van der Waals surface area contributed by atoms with E-state index >= 15 is 0 Å². The lowest BCUT2D eigenvalue weighted by Crippen LogP contribution is -2.13. The molecule has 0 amide bonds. The number of rotatable bonds is 4. The number of hydrogen-bond acceptors (Lipinski definition) is 5. The molecular formula is C10H8F2N4O2S. The molecule has 1 aromatic carbocycles. The second kappa shape index (κ2) is 5.22. The van der Waals surface area contributed by atoms with Crippen molar-refractivity contribution in [2.45, 2.75) is 5.16 Å². The van der Waals surface area contributed by atoms with Crippen LogP contribution in [0.4, 0.5) is 8.78 Å². The molecule has 1 aromatic heterocycles. The van der Waals surface area contributed by atoms with Gasteiger partial charge in [0.15, 0.2) is 5.82 Å². The fourth-order valence-corrected chi connectivity index (χ4v) is 1.96. The number of aromatic nitrogens is 3. The average molecular weight is 286 g/mol. The van der Waals surface area contributed by atoms with Gasteiger partial charge in [0, 0.05) is 0 Å². The smallest absolute Gasteiger partial charge is 0.313 e. The molecule has 0 saturated heterocycles. The highest BCUT2D eigenvalue weighted by Gasteiger charge is 2.19. The summed E-state index contributed by atoms with van der Waals surface area (Å²) in [5, 5.41) is 15.8. The molecule has 3 N–H and O–H groups in total.